The number of thiazole rings is 1. The Labute approximate surface area is 170 Å². The lowest BCUT2D eigenvalue weighted by molar-refractivity contribution is 0.0520. The molecule has 0 spiro atoms. The lowest BCUT2D eigenvalue weighted by atomic mass is 10.1. The second-order valence-electron chi connectivity index (χ2n) is 6.70. The first-order chi connectivity index (χ1) is 13.4. The van der Waals surface area contributed by atoms with Gasteiger partial charge < -0.3 is 15.0 Å². The van der Waals surface area contributed by atoms with Crippen molar-refractivity contribution in [3.8, 4) is 0 Å². The zero-order valence-electron chi connectivity index (χ0n) is 17.1. The molecule has 0 unspecified atom stereocenters. The fourth-order valence-electron chi connectivity index (χ4n) is 2.67. The minimum absolute atomic E-state index is 0.160. The Bertz CT molecular complexity index is 804. The Morgan fingerprint density at radius 2 is 1.96 bits per heavy atom. The molecule has 0 saturated heterocycles. The summed E-state index contributed by atoms with van der Waals surface area (Å²) in [6.07, 6.45) is 3.06. The van der Waals surface area contributed by atoms with E-state index in [0.29, 0.717) is 25.4 Å². The molecule has 0 atom stereocenters. The molecule has 6 nitrogen and oxygen atoms in total. The fraction of sp³-hybridized carbons (Fsp3) is 0.476. The van der Waals surface area contributed by atoms with Crippen LogP contribution >= 0.6 is 11.3 Å². The molecule has 7 heteroatoms. The number of nitrogens with one attached hydrogen (secondary N) is 1. The number of benzene rings is 1. The summed E-state index contributed by atoms with van der Waals surface area (Å²) in [5, 5.41) is 5.38. The quantitative estimate of drug-likeness (QED) is 0.464. The third kappa shape index (κ3) is 6.34. The summed E-state index contributed by atoms with van der Waals surface area (Å²) in [5.41, 5.74) is 3.39. The van der Waals surface area contributed by atoms with Gasteiger partial charge in [0.1, 0.15) is 5.01 Å². The molecule has 0 radical (unpaired) electrons. The molecule has 1 aromatic heterocycles. The first-order valence-corrected chi connectivity index (χ1v) is 10.6. The maximum Gasteiger partial charge on any atom is 0.357 e. The van der Waals surface area contributed by atoms with Crippen LogP contribution < -0.4 is 5.32 Å². The number of carbonyl (C=O) groups is 2. The topological polar surface area (TPSA) is 71.5 Å². The summed E-state index contributed by atoms with van der Waals surface area (Å²) < 4.78 is 4.99. The van der Waals surface area contributed by atoms with E-state index in [2.05, 4.69) is 17.2 Å². The largest absolute Gasteiger partial charge is 0.461 e. The number of aryl methyl sites for hydroxylation is 2. The monoisotopic (exact) mass is 403 g/mol. The van der Waals surface area contributed by atoms with E-state index in [9.17, 15) is 9.59 Å². The van der Waals surface area contributed by atoms with E-state index in [0.717, 1.165) is 35.5 Å². The predicted octanol–water partition coefficient (Wildman–Crippen LogP) is 5.16. The van der Waals surface area contributed by atoms with Crippen molar-refractivity contribution in [1.82, 2.24) is 9.88 Å². The number of esters is 1. The molecule has 2 rings (SSSR count). The number of hydrogen-bond acceptors (Lipinski definition) is 5. The molecular formula is C21H29N3O3S. The lowest BCUT2D eigenvalue weighted by Crippen LogP contribution is -2.35. The van der Waals surface area contributed by atoms with Gasteiger partial charge in [0.2, 0.25) is 0 Å². The van der Waals surface area contributed by atoms with Crippen molar-refractivity contribution >= 4 is 29.0 Å². The Hall–Kier alpha value is -2.41. The highest BCUT2D eigenvalue weighted by Gasteiger charge is 2.18. The van der Waals surface area contributed by atoms with Crippen LogP contribution in [0.25, 0.3) is 0 Å². The standard InChI is InChI=1S/C21H29N3O3S/c1-5-7-8-11-24(13-19-23-18(14-28-19)20(25)27-6-2)21(26)22-17-10-9-15(3)16(4)12-17/h9-10,12,14H,5-8,11,13H2,1-4H3,(H,22,26). The smallest absolute Gasteiger partial charge is 0.357 e. The number of ether oxygens (including phenoxy) is 1. The predicted molar refractivity (Wildman–Crippen MR) is 113 cm³/mol. The summed E-state index contributed by atoms with van der Waals surface area (Å²) in [6, 6.07) is 5.72. The Kier molecular flexibility index (Phi) is 8.44. The number of urea groups is 1. The van der Waals surface area contributed by atoms with Crippen LogP contribution in [0.4, 0.5) is 10.5 Å². The molecule has 0 aliphatic carbocycles. The first-order valence-electron chi connectivity index (χ1n) is 9.69. The average Bonchev–Trinajstić information content (AvgIpc) is 3.13. The minimum atomic E-state index is -0.429. The van der Waals surface area contributed by atoms with Gasteiger partial charge in [-0.1, -0.05) is 25.8 Å². The highest BCUT2D eigenvalue weighted by Crippen LogP contribution is 2.18. The third-order valence-electron chi connectivity index (χ3n) is 4.44. The van der Waals surface area contributed by atoms with Gasteiger partial charge in [-0.25, -0.2) is 14.6 Å². The molecule has 0 saturated carbocycles. The van der Waals surface area contributed by atoms with E-state index in [-0.39, 0.29) is 6.03 Å². The van der Waals surface area contributed by atoms with Crippen LogP contribution in [0, 0.1) is 13.8 Å². The fourth-order valence-corrected chi connectivity index (χ4v) is 3.45. The van der Waals surface area contributed by atoms with Gasteiger partial charge in [0, 0.05) is 17.6 Å². The second-order valence-corrected chi connectivity index (χ2v) is 7.65. The van der Waals surface area contributed by atoms with Crippen molar-refractivity contribution in [1.29, 1.82) is 0 Å². The van der Waals surface area contributed by atoms with Crippen molar-refractivity contribution < 1.29 is 14.3 Å². The van der Waals surface area contributed by atoms with Gasteiger partial charge >= 0.3 is 12.0 Å². The van der Waals surface area contributed by atoms with Crippen LogP contribution in [0.5, 0.6) is 0 Å². The molecule has 0 aliphatic rings. The van der Waals surface area contributed by atoms with E-state index in [1.54, 1.807) is 17.2 Å². The van der Waals surface area contributed by atoms with E-state index < -0.39 is 5.97 Å². The molecule has 1 aromatic carbocycles. The van der Waals surface area contributed by atoms with Gasteiger partial charge in [0.05, 0.1) is 13.2 Å². The molecule has 1 N–H and O–H groups in total. The van der Waals surface area contributed by atoms with E-state index in [1.165, 1.54) is 16.9 Å². The van der Waals surface area contributed by atoms with Gasteiger partial charge in [-0.2, -0.15) is 0 Å². The van der Waals surface area contributed by atoms with E-state index in [4.69, 9.17) is 4.74 Å². The van der Waals surface area contributed by atoms with Crippen LogP contribution in [0.1, 0.15) is 59.7 Å². The molecular weight excluding hydrogens is 374 g/mol. The number of carbonyl (C=O) groups excluding carboxylic acids is 2. The van der Waals surface area contributed by atoms with Gasteiger partial charge in [0.15, 0.2) is 5.69 Å². The summed E-state index contributed by atoms with van der Waals surface area (Å²) in [4.78, 5) is 30.8. The van der Waals surface area contributed by atoms with E-state index >= 15 is 0 Å². The minimum Gasteiger partial charge on any atom is -0.461 e. The summed E-state index contributed by atoms with van der Waals surface area (Å²) in [5.74, 6) is -0.429. The summed E-state index contributed by atoms with van der Waals surface area (Å²) in [6.45, 7) is 9.28. The molecule has 1 heterocycles. The van der Waals surface area contributed by atoms with Gasteiger partial charge in [-0.05, 0) is 50.5 Å². The molecule has 0 bridgehead atoms. The van der Waals surface area contributed by atoms with Crippen LogP contribution in [0.3, 0.4) is 0 Å². The highest BCUT2D eigenvalue weighted by molar-refractivity contribution is 7.09. The average molecular weight is 404 g/mol. The summed E-state index contributed by atoms with van der Waals surface area (Å²) in [7, 11) is 0. The van der Waals surface area contributed by atoms with Crippen molar-refractivity contribution in [3.63, 3.8) is 0 Å². The SMILES string of the molecule is CCCCCN(Cc1nc(C(=O)OCC)cs1)C(=O)Nc1ccc(C)c(C)c1. The number of amides is 2. The van der Waals surface area contributed by atoms with Gasteiger partial charge in [-0.15, -0.1) is 11.3 Å². The van der Waals surface area contributed by atoms with Gasteiger partial charge in [-0.3, -0.25) is 0 Å². The number of unbranched alkanes of at least 4 members (excludes halogenated alkanes) is 2. The first kappa shape index (κ1) is 21.9. The van der Waals surface area contributed by atoms with Crippen LogP contribution in [-0.4, -0.2) is 35.0 Å². The number of anilines is 1. The van der Waals surface area contributed by atoms with Gasteiger partial charge in [0.25, 0.3) is 0 Å². The second kappa shape index (κ2) is 10.8. The Morgan fingerprint density at radius 1 is 1.18 bits per heavy atom. The maximum absolute atomic E-state index is 12.9. The van der Waals surface area contributed by atoms with Crippen molar-refractivity contribution in [2.24, 2.45) is 0 Å². The van der Waals surface area contributed by atoms with Crippen LogP contribution in [0.2, 0.25) is 0 Å². The highest BCUT2D eigenvalue weighted by atomic mass is 32.1. The summed E-state index contributed by atoms with van der Waals surface area (Å²) >= 11 is 1.37. The number of hydrogen-bond donors (Lipinski definition) is 1. The third-order valence-corrected chi connectivity index (χ3v) is 5.27. The Morgan fingerprint density at radius 3 is 2.64 bits per heavy atom. The number of rotatable bonds is 9. The molecule has 0 aliphatic heterocycles. The molecule has 2 amide bonds. The van der Waals surface area contributed by atoms with Crippen LogP contribution in [0.15, 0.2) is 23.6 Å². The lowest BCUT2D eigenvalue weighted by Gasteiger charge is -2.22. The molecule has 152 valence electrons. The number of aromatic nitrogens is 1. The number of nitrogens with zero attached hydrogens (tertiary/aromatic N) is 2. The molecule has 0 fully saturated rings. The normalized spacial score (nSPS) is 10.6. The molecule has 28 heavy (non-hydrogen) atoms. The van der Waals surface area contributed by atoms with Crippen molar-refractivity contribution in [3.05, 3.63) is 45.4 Å². The van der Waals surface area contributed by atoms with Crippen molar-refractivity contribution in [2.45, 2.75) is 53.5 Å². The Balaban J connectivity index is 2.08. The zero-order valence-corrected chi connectivity index (χ0v) is 17.9. The van der Waals surface area contributed by atoms with E-state index in [1.807, 2.05) is 32.0 Å². The maximum atomic E-state index is 12.9. The van der Waals surface area contributed by atoms with Crippen molar-refractivity contribution in [2.75, 3.05) is 18.5 Å². The van der Waals surface area contributed by atoms with Crippen LogP contribution in [-0.2, 0) is 11.3 Å². The zero-order chi connectivity index (χ0) is 20.5. The molecule has 2 aromatic rings.